The van der Waals surface area contributed by atoms with Gasteiger partial charge in [0.25, 0.3) is 0 Å². The molecule has 0 bridgehead atoms. The van der Waals surface area contributed by atoms with Gasteiger partial charge >= 0.3 is 0 Å². The Morgan fingerprint density at radius 2 is 1.90 bits per heavy atom. The highest BCUT2D eigenvalue weighted by Crippen LogP contribution is 2.38. The van der Waals surface area contributed by atoms with Crippen molar-refractivity contribution in [1.29, 1.82) is 0 Å². The van der Waals surface area contributed by atoms with E-state index in [1.165, 1.54) is 31.2 Å². The molecule has 0 amide bonds. The van der Waals surface area contributed by atoms with Crippen LogP contribution in [0.2, 0.25) is 0 Å². The summed E-state index contributed by atoms with van der Waals surface area (Å²) in [7, 11) is 0. The third-order valence-electron chi connectivity index (χ3n) is 4.59. The van der Waals surface area contributed by atoms with Crippen molar-refractivity contribution >= 4 is 0 Å². The largest absolute Gasteiger partial charge is 0.312 e. The molecule has 2 atom stereocenters. The van der Waals surface area contributed by atoms with Crippen LogP contribution in [0.1, 0.15) is 70.4 Å². The molecule has 1 heteroatoms. The van der Waals surface area contributed by atoms with Crippen LogP contribution < -0.4 is 5.32 Å². The van der Waals surface area contributed by atoms with E-state index in [0.29, 0.717) is 0 Å². The van der Waals surface area contributed by atoms with Crippen LogP contribution in [-0.2, 0) is 6.42 Å². The zero-order valence-corrected chi connectivity index (χ0v) is 13.7. The fourth-order valence-electron chi connectivity index (χ4n) is 3.37. The van der Waals surface area contributed by atoms with Crippen molar-refractivity contribution in [3.05, 3.63) is 35.4 Å². The van der Waals surface area contributed by atoms with Crippen LogP contribution in [0.5, 0.6) is 0 Å². The van der Waals surface area contributed by atoms with E-state index in [-0.39, 0.29) is 5.54 Å². The molecule has 112 valence electrons. The highest BCUT2D eigenvalue weighted by molar-refractivity contribution is 5.27. The molecular weight excluding hydrogens is 242 g/mol. The smallest absolute Gasteiger partial charge is 0.00966 e. The van der Waals surface area contributed by atoms with E-state index in [1.807, 2.05) is 0 Å². The molecule has 1 saturated carbocycles. The summed E-state index contributed by atoms with van der Waals surface area (Å²) in [6.45, 7) is 10.2. The summed E-state index contributed by atoms with van der Waals surface area (Å²) < 4.78 is 0. The second-order valence-corrected chi connectivity index (χ2v) is 7.38. The maximum Gasteiger partial charge on any atom is 0.00966 e. The van der Waals surface area contributed by atoms with Crippen molar-refractivity contribution in [2.75, 3.05) is 6.54 Å². The summed E-state index contributed by atoms with van der Waals surface area (Å²) in [6, 6.07) is 9.30. The van der Waals surface area contributed by atoms with Gasteiger partial charge in [-0.2, -0.15) is 0 Å². The van der Waals surface area contributed by atoms with Gasteiger partial charge in [0, 0.05) is 5.54 Å². The van der Waals surface area contributed by atoms with Crippen LogP contribution in [0.15, 0.2) is 24.3 Å². The normalized spacial score (nSPS) is 23.8. The van der Waals surface area contributed by atoms with E-state index in [0.717, 1.165) is 24.8 Å². The molecule has 1 aliphatic rings. The lowest BCUT2D eigenvalue weighted by atomic mass is 9.75. The maximum atomic E-state index is 3.72. The Morgan fingerprint density at radius 1 is 1.15 bits per heavy atom. The first-order valence-electron chi connectivity index (χ1n) is 8.33. The first kappa shape index (κ1) is 15.6. The molecule has 0 aromatic heterocycles. The summed E-state index contributed by atoms with van der Waals surface area (Å²) in [6.07, 6.45) is 6.69. The number of rotatable bonds is 4. The standard InChI is InChI=1S/C19H31N/c1-5-15-9-8-11-16(13-15)18-12-7-6-10-17(18)14-20-19(2,3)4/h8-9,11,13,17-18,20H,5-7,10,12,14H2,1-4H3. The highest BCUT2D eigenvalue weighted by Gasteiger charge is 2.27. The first-order valence-corrected chi connectivity index (χ1v) is 8.33. The lowest BCUT2D eigenvalue weighted by Gasteiger charge is -2.34. The minimum Gasteiger partial charge on any atom is -0.312 e. The molecule has 0 radical (unpaired) electrons. The Kier molecular flexibility index (Phi) is 5.26. The van der Waals surface area contributed by atoms with Gasteiger partial charge in [-0.3, -0.25) is 0 Å². The number of hydrogen-bond donors (Lipinski definition) is 1. The van der Waals surface area contributed by atoms with Crippen LogP contribution in [-0.4, -0.2) is 12.1 Å². The Labute approximate surface area is 125 Å². The zero-order valence-electron chi connectivity index (χ0n) is 13.7. The van der Waals surface area contributed by atoms with Crippen LogP contribution >= 0.6 is 0 Å². The van der Waals surface area contributed by atoms with Crippen molar-refractivity contribution in [3.63, 3.8) is 0 Å². The predicted octanol–water partition coefficient (Wildman–Crippen LogP) is 4.91. The van der Waals surface area contributed by atoms with Gasteiger partial charge in [0.2, 0.25) is 0 Å². The second kappa shape index (κ2) is 6.76. The minimum absolute atomic E-state index is 0.229. The Bertz CT molecular complexity index is 416. The average molecular weight is 273 g/mol. The van der Waals surface area contributed by atoms with E-state index in [4.69, 9.17) is 0 Å². The van der Waals surface area contributed by atoms with E-state index < -0.39 is 0 Å². The van der Waals surface area contributed by atoms with Crippen molar-refractivity contribution < 1.29 is 0 Å². The topological polar surface area (TPSA) is 12.0 Å². The van der Waals surface area contributed by atoms with Gasteiger partial charge in [0.05, 0.1) is 0 Å². The molecule has 0 heterocycles. The van der Waals surface area contributed by atoms with E-state index in [2.05, 4.69) is 57.3 Å². The van der Waals surface area contributed by atoms with Crippen molar-refractivity contribution in [2.45, 2.75) is 71.3 Å². The molecule has 1 N–H and O–H groups in total. The van der Waals surface area contributed by atoms with E-state index >= 15 is 0 Å². The molecular formula is C19H31N. The fourth-order valence-corrected chi connectivity index (χ4v) is 3.37. The monoisotopic (exact) mass is 273 g/mol. The lowest BCUT2D eigenvalue weighted by Crippen LogP contribution is -2.41. The summed E-state index contributed by atoms with van der Waals surface area (Å²) in [5.74, 6) is 1.56. The summed E-state index contributed by atoms with van der Waals surface area (Å²) in [5.41, 5.74) is 3.29. The van der Waals surface area contributed by atoms with Crippen molar-refractivity contribution in [3.8, 4) is 0 Å². The molecule has 1 aromatic carbocycles. The van der Waals surface area contributed by atoms with Crippen molar-refractivity contribution in [2.24, 2.45) is 5.92 Å². The molecule has 1 fully saturated rings. The third kappa shape index (κ3) is 4.34. The highest BCUT2D eigenvalue weighted by atomic mass is 14.9. The number of benzene rings is 1. The second-order valence-electron chi connectivity index (χ2n) is 7.38. The zero-order chi connectivity index (χ0) is 14.6. The first-order chi connectivity index (χ1) is 9.49. The average Bonchev–Trinajstić information content (AvgIpc) is 2.45. The van der Waals surface area contributed by atoms with Gasteiger partial charge in [0.15, 0.2) is 0 Å². The molecule has 1 aromatic rings. The number of nitrogens with one attached hydrogen (secondary N) is 1. The van der Waals surface area contributed by atoms with Crippen LogP contribution in [0, 0.1) is 5.92 Å². The van der Waals surface area contributed by atoms with Gasteiger partial charge in [0.1, 0.15) is 0 Å². The molecule has 0 aliphatic heterocycles. The van der Waals surface area contributed by atoms with Gasteiger partial charge < -0.3 is 5.32 Å². The van der Waals surface area contributed by atoms with E-state index in [9.17, 15) is 0 Å². The predicted molar refractivity (Wildman–Crippen MR) is 88.3 cm³/mol. The summed E-state index contributed by atoms with van der Waals surface area (Å²) in [5, 5.41) is 3.72. The number of aryl methyl sites for hydroxylation is 1. The molecule has 1 nitrogen and oxygen atoms in total. The van der Waals surface area contributed by atoms with Gasteiger partial charge in [-0.15, -0.1) is 0 Å². The molecule has 1 aliphatic carbocycles. The molecule has 0 saturated heterocycles. The van der Waals surface area contributed by atoms with Gasteiger partial charge in [-0.25, -0.2) is 0 Å². The Hall–Kier alpha value is -0.820. The third-order valence-corrected chi connectivity index (χ3v) is 4.59. The molecule has 0 spiro atoms. The summed E-state index contributed by atoms with van der Waals surface area (Å²) >= 11 is 0. The van der Waals surface area contributed by atoms with E-state index in [1.54, 1.807) is 5.56 Å². The Morgan fingerprint density at radius 3 is 2.60 bits per heavy atom. The number of hydrogen-bond acceptors (Lipinski definition) is 1. The van der Waals surface area contributed by atoms with Crippen LogP contribution in [0.25, 0.3) is 0 Å². The van der Waals surface area contributed by atoms with Gasteiger partial charge in [-0.1, -0.05) is 44.0 Å². The minimum atomic E-state index is 0.229. The lowest BCUT2D eigenvalue weighted by molar-refractivity contribution is 0.269. The Balaban J connectivity index is 2.09. The maximum absolute atomic E-state index is 3.72. The van der Waals surface area contributed by atoms with Crippen LogP contribution in [0.4, 0.5) is 0 Å². The van der Waals surface area contributed by atoms with Crippen LogP contribution in [0.3, 0.4) is 0 Å². The quantitative estimate of drug-likeness (QED) is 0.822. The SMILES string of the molecule is CCc1cccc(C2CCCCC2CNC(C)(C)C)c1. The molecule has 2 rings (SSSR count). The van der Waals surface area contributed by atoms with Crippen molar-refractivity contribution in [1.82, 2.24) is 5.32 Å². The summed E-state index contributed by atoms with van der Waals surface area (Å²) in [4.78, 5) is 0. The molecule has 20 heavy (non-hydrogen) atoms. The van der Waals surface area contributed by atoms with Gasteiger partial charge in [-0.05, 0) is 69.5 Å². The molecule has 2 unspecified atom stereocenters. The fraction of sp³-hybridized carbons (Fsp3) is 0.684.